The number of aldehydes is 1. The number of hydrogen-bond acceptors (Lipinski definition) is 9. The van der Waals surface area contributed by atoms with Gasteiger partial charge in [-0.3, -0.25) is 4.90 Å². The number of methoxy groups -OCH3 is 3. The van der Waals surface area contributed by atoms with Gasteiger partial charge in [0.25, 0.3) is 0 Å². The average Bonchev–Trinajstić information content (AvgIpc) is 3.52. The van der Waals surface area contributed by atoms with Crippen molar-refractivity contribution in [2.75, 3.05) is 52.5 Å². The molecule has 1 fully saturated rings. The molecule has 9 heteroatoms. The van der Waals surface area contributed by atoms with Gasteiger partial charge in [-0.15, -0.1) is 11.3 Å². The molecular weight excluding hydrogens is 550 g/mol. The van der Waals surface area contributed by atoms with E-state index in [9.17, 15) is 4.79 Å². The molecule has 5 rings (SSSR count). The van der Waals surface area contributed by atoms with Crippen molar-refractivity contribution in [3.8, 4) is 22.8 Å². The largest absolute Gasteiger partial charge is 0.496 e. The zero-order chi connectivity index (χ0) is 29.6. The second-order valence-electron chi connectivity index (χ2n) is 11.2. The minimum Gasteiger partial charge on any atom is -0.496 e. The molecule has 1 saturated heterocycles. The minimum absolute atomic E-state index is 0.0625. The molecule has 2 aliphatic rings. The van der Waals surface area contributed by atoms with Gasteiger partial charge >= 0.3 is 0 Å². The van der Waals surface area contributed by atoms with Crippen molar-refractivity contribution in [3.63, 3.8) is 0 Å². The molecule has 226 valence electrons. The minimum atomic E-state index is -0.114. The molecule has 0 spiro atoms. The molecule has 2 aromatic carbocycles. The number of nitrogens with zero attached hydrogens (tertiary/aromatic N) is 3. The second kappa shape index (κ2) is 14.0. The summed E-state index contributed by atoms with van der Waals surface area (Å²) in [5.74, 6) is 1.70. The number of benzene rings is 2. The number of para-hydroxylation sites is 1. The van der Waals surface area contributed by atoms with Gasteiger partial charge in [0.2, 0.25) is 0 Å². The van der Waals surface area contributed by atoms with Crippen molar-refractivity contribution in [2.45, 2.75) is 58.4 Å². The van der Waals surface area contributed by atoms with E-state index >= 15 is 0 Å². The molecule has 3 unspecified atom stereocenters. The van der Waals surface area contributed by atoms with Crippen LogP contribution in [0, 0.1) is 12.8 Å². The van der Waals surface area contributed by atoms with Crippen LogP contribution in [0.1, 0.15) is 42.0 Å². The smallest absolute Gasteiger partial charge is 0.185 e. The first-order valence-corrected chi connectivity index (χ1v) is 15.7. The lowest BCUT2D eigenvalue weighted by Gasteiger charge is -2.35. The average molecular weight is 594 g/mol. The van der Waals surface area contributed by atoms with Crippen molar-refractivity contribution in [1.82, 2.24) is 9.88 Å². The molecule has 3 heterocycles. The maximum absolute atomic E-state index is 11.4. The fourth-order valence-corrected chi connectivity index (χ4v) is 7.08. The number of carbonyl (C=O) groups is 1. The maximum Gasteiger partial charge on any atom is 0.185 e. The molecule has 0 N–H and O–H groups in total. The Kier molecular flexibility index (Phi) is 10.2. The summed E-state index contributed by atoms with van der Waals surface area (Å²) in [4.78, 5) is 21.2. The Morgan fingerprint density at radius 1 is 1.19 bits per heavy atom. The third-order valence-electron chi connectivity index (χ3n) is 8.68. The molecule has 42 heavy (non-hydrogen) atoms. The normalized spacial score (nSPS) is 19.8. The molecule has 0 amide bonds. The monoisotopic (exact) mass is 593 g/mol. The fourth-order valence-electron chi connectivity index (χ4n) is 6.21. The highest BCUT2D eigenvalue weighted by Crippen LogP contribution is 2.38. The van der Waals surface area contributed by atoms with Gasteiger partial charge in [0.1, 0.15) is 24.4 Å². The van der Waals surface area contributed by atoms with Crippen LogP contribution in [0.4, 0.5) is 5.13 Å². The molecule has 3 atom stereocenters. The molecule has 2 aliphatic heterocycles. The van der Waals surface area contributed by atoms with E-state index in [4.69, 9.17) is 23.9 Å². The van der Waals surface area contributed by atoms with E-state index in [0.29, 0.717) is 19.2 Å². The lowest BCUT2D eigenvalue weighted by atomic mass is 9.95. The van der Waals surface area contributed by atoms with E-state index in [1.165, 1.54) is 11.1 Å². The summed E-state index contributed by atoms with van der Waals surface area (Å²) in [6.07, 6.45) is 3.71. The second-order valence-corrected chi connectivity index (χ2v) is 12.1. The molecular formula is C33H43N3O5S. The van der Waals surface area contributed by atoms with E-state index in [1.807, 2.05) is 6.07 Å². The SMILES string of the molecule is CCC(COC)N1CCc2cc(COc3c(C)cccc3-c3csc(N4CCC(C=O)C(OC)C4)n3)cc(OC)c2C1. The Labute approximate surface area is 253 Å². The van der Waals surface area contributed by atoms with Crippen LogP contribution in [0.2, 0.25) is 0 Å². The Balaban J connectivity index is 1.33. The van der Waals surface area contributed by atoms with Crippen LogP contribution in [-0.4, -0.2) is 75.9 Å². The summed E-state index contributed by atoms with van der Waals surface area (Å²) in [6, 6.07) is 11.0. The van der Waals surface area contributed by atoms with E-state index in [1.54, 1.807) is 32.7 Å². The maximum atomic E-state index is 11.4. The van der Waals surface area contributed by atoms with Gasteiger partial charge in [0.15, 0.2) is 5.13 Å². The van der Waals surface area contributed by atoms with Crippen molar-refractivity contribution in [2.24, 2.45) is 5.92 Å². The molecule has 0 radical (unpaired) electrons. The van der Waals surface area contributed by atoms with Crippen molar-refractivity contribution in [3.05, 3.63) is 58.0 Å². The quantitative estimate of drug-likeness (QED) is 0.254. The summed E-state index contributed by atoms with van der Waals surface area (Å²) in [7, 11) is 5.20. The number of aryl methyl sites for hydroxylation is 1. The van der Waals surface area contributed by atoms with Crippen LogP contribution in [0.3, 0.4) is 0 Å². The third-order valence-corrected chi connectivity index (χ3v) is 9.58. The number of thiazole rings is 1. The van der Waals surface area contributed by atoms with Crippen LogP contribution >= 0.6 is 11.3 Å². The molecule has 0 saturated carbocycles. The lowest BCUT2D eigenvalue weighted by Crippen LogP contribution is -2.45. The number of anilines is 1. The Bertz CT molecular complexity index is 1340. The Hall–Kier alpha value is -2.98. The predicted octanol–water partition coefficient (Wildman–Crippen LogP) is 5.53. The predicted molar refractivity (Wildman–Crippen MR) is 167 cm³/mol. The van der Waals surface area contributed by atoms with Gasteiger partial charge < -0.3 is 28.6 Å². The van der Waals surface area contributed by atoms with Crippen LogP contribution in [0.25, 0.3) is 11.3 Å². The van der Waals surface area contributed by atoms with Crippen molar-refractivity contribution >= 4 is 22.8 Å². The van der Waals surface area contributed by atoms with E-state index in [0.717, 1.165) is 90.8 Å². The van der Waals surface area contributed by atoms with E-state index in [2.05, 4.69) is 53.3 Å². The van der Waals surface area contributed by atoms with E-state index < -0.39 is 0 Å². The van der Waals surface area contributed by atoms with Gasteiger partial charge in [-0.1, -0.05) is 25.1 Å². The number of hydrogen-bond donors (Lipinski definition) is 0. The van der Waals surface area contributed by atoms with Crippen LogP contribution in [-0.2, 0) is 33.8 Å². The van der Waals surface area contributed by atoms with Gasteiger partial charge in [-0.2, -0.15) is 0 Å². The zero-order valence-electron chi connectivity index (χ0n) is 25.4. The summed E-state index contributed by atoms with van der Waals surface area (Å²) in [5, 5.41) is 3.03. The van der Waals surface area contributed by atoms with Gasteiger partial charge in [-0.25, -0.2) is 4.98 Å². The summed E-state index contributed by atoms with van der Waals surface area (Å²) in [5.41, 5.74) is 6.63. The van der Waals surface area contributed by atoms with Crippen molar-refractivity contribution < 1.29 is 23.7 Å². The Morgan fingerprint density at radius 2 is 2.05 bits per heavy atom. The molecule has 1 aromatic heterocycles. The first-order valence-electron chi connectivity index (χ1n) is 14.8. The number of carbonyl (C=O) groups excluding carboxylic acids is 1. The Morgan fingerprint density at radius 3 is 2.79 bits per heavy atom. The number of fused-ring (bicyclic) bond motifs is 1. The highest BCUT2D eigenvalue weighted by atomic mass is 32.1. The lowest BCUT2D eigenvalue weighted by molar-refractivity contribution is -0.115. The van der Waals surface area contributed by atoms with Gasteiger partial charge in [-0.05, 0) is 55.0 Å². The molecule has 8 nitrogen and oxygen atoms in total. The number of ether oxygens (including phenoxy) is 4. The molecule has 0 aliphatic carbocycles. The van der Waals surface area contributed by atoms with Crippen LogP contribution in [0.5, 0.6) is 11.5 Å². The van der Waals surface area contributed by atoms with Gasteiger partial charge in [0, 0.05) is 68.9 Å². The molecule has 0 bridgehead atoms. The number of aromatic nitrogens is 1. The van der Waals surface area contributed by atoms with E-state index in [-0.39, 0.29) is 12.0 Å². The first kappa shape index (κ1) is 30.5. The zero-order valence-corrected chi connectivity index (χ0v) is 26.2. The topological polar surface area (TPSA) is 73.4 Å². The van der Waals surface area contributed by atoms with Crippen LogP contribution < -0.4 is 14.4 Å². The number of rotatable bonds is 12. The van der Waals surface area contributed by atoms with Gasteiger partial charge in [0.05, 0.1) is 25.5 Å². The van der Waals surface area contributed by atoms with Crippen molar-refractivity contribution in [1.29, 1.82) is 0 Å². The van der Waals surface area contributed by atoms with Crippen LogP contribution in [0.15, 0.2) is 35.7 Å². The highest BCUT2D eigenvalue weighted by molar-refractivity contribution is 7.14. The number of piperidine rings is 1. The summed E-state index contributed by atoms with van der Waals surface area (Å²) < 4.78 is 23.5. The first-order chi connectivity index (χ1) is 20.5. The fraction of sp³-hybridized carbons (Fsp3) is 0.515. The standard InChI is InChI=1S/C33H43N3O5S/c1-6-26(20-38-3)35-12-10-24-14-23(15-30(39-4)28(24)16-35)19-41-32-22(2)8-7-9-27(32)29-21-42-33(34-29)36-13-11-25(18-37)31(17-36)40-5/h7-9,14-15,18,21,25-26,31H,6,10-13,16-17,19-20H2,1-5H3. The molecule has 3 aromatic rings. The third kappa shape index (κ3) is 6.49. The summed E-state index contributed by atoms with van der Waals surface area (Å²) >= 11 is 1.62. The summed E-state index contributed by atoms with van der Waals surface area (Å²) in [6.45, 7) is 8.80. The highest BCUT2D eigenvalue weighted by Gasteiger charge is 2.31.